The molecule has 0 fully saturated rings. The molecule has 2 aromatic carbocycles. The molecule has 1 amide bonds. The number of amides is 1. The van der Waals surface area contributed by atoms with Gasteiger partial charge in [-0.25, -0.2) is 4.79 Å². The fraction of sp³-hybridized carbons (Fsp3) is 0.238. The molecule has 0 saturated heterocycles. The number of carbonyl (C=O) groups is 2. The predicted octanol–water partition coefficient (Wildman–Crippen LogP) is 4.72. The van der Waals surface area contributed by atoms with Gasteiger partial charge >= 0.3 is 5.97 Å². The molecular weight excluding hydrogens is 314 g/mol. The van der Waals surface area contributed by atoms with Gasteiger partial charge in [-0.1, -0.05) is 26.0 Å². The summed E-state index contributed by atoms with van der Waals surface area (Å²) in [4.78, 5) is 23.3. The van der Waals surface area contributed by atoms with E-state index in [1.165, 1.54) is 35.4 Å². The van der Waals surface area contributed by atoms with Crippen molar-refractivity contribution >= 4 is 23.1 Å². The molecule has 0 bridgehead atoms. The van der Waals surface area contributed by atoms with Gasteiger partial charge in [-0.05, 0) is 71.9 Å². The van der Waals surface area contributed by atoms with Gasteiger partial charge < -0.3 is 10.4 Å². The van der Waals surface area contributed by atoms with Crippen LogP contribution < -0.4 is 5.32 Å². The highest BCUT2D eigenvalue weighted by Crippen LogP contribution is 2.39. The second-order valence-corrected chi connectivity index (χ2v) is 7.07. The number of nitrogens with one attached hydrogen (secondary N) is 1. The van der Waals surface area contributed by atoms with Crippen LogP contribution in [0.15, 0.2) is 48.5 Å². The van der Waals surface area contributed by atoms with Crippen molar-refractivity contribution in [3.8, 4) is 0 Å². The lowest BCUT2D eigenvalue weighted by Gasteiger charge is -2.31. The standard InChI is InChI=1S/C21H21NO3/c1-13-10-11-21(2,3)18-9-8-16(12-17(13)18)22-19(23)14-4-6-15(7-5-14)20(24)25/h4-10,12H,11H2,1-3H3,(H,22,23)(H,24,25). The Bertz CT molecular complexity index is 877. The average Bonchev–Trinajstić information content (AvgIpc) is 2.58. The maximum atomic E-state index is 12.4. The van der Waals surface area contributed by atoms with Gasteiger partial charge in [-0.2, -0.15) is 0 Å². The molecule has 0 atom stereocenters. The summed E-state index contributed by atoms with van der Waals surface area (Å²) in [5, 5.41) is 11.8. The first-order chi connectivity index (χ1) is 11.8. The van der Waals surface area contributed by atoms with Crippen LogP contribution in [0, 0.1) is 0 Å². The largest absolute Gasteiger partial charge is 0.478 e. The van der Waals surface area contributed by atoms with Crippen molar-refractivity contribution < 1.29 is 14.7 Å². The molecule has 2 N–H and O–H groups in total. The van der Waals surface area contributed by atoms with E-state index in [1.807, 2.05) is 12.1 Å². The molecule has 1 aliphatic rings. The minimum absolute atomic E-state index is 0.0873. The fourth-order valence-corrected chi connectivity index (χ4v) is 3.13. The zero-order chi connectivity index (χ0) is 18.2. The van der Waals surface area contributed by atoms with Crippen LogP contribution >= 0.6 is 0 Å². The van der Waals surface area contributed by atoms with E-state index in [0.717, 1.165) is 17.7 Å². The van der Waals surface area contributed by atoms with Crippen molar-refractivity contribution in [1.29, 1.82) is 0 Å². The van der Waals surface area contributed by atoms with Crippen LogP contribution in [0.1, 0.15) is 59.0 Å². The molecule has 25 heavy (non-hydrogen) atoms. The van der Waals surface area contributed by atoms with Crippen molar-refractivity contribution in [3.63, 3.8) is 0 Å². The quantitative estimate of drug-likeness (QED) is 0.853. The van der Waals surface area contributed by atoms with Gasteiger partial charge in [0, 0.05) is 11.3 Å². The Morgan fingerprint density at radius 2 is 1.68 bits per heavy atom. The molecule has 0 radical (unpaired) electrons. The average molecular weight is 335 g/mol. The van der Waals surface area contributed by atoms with E-state index in [4.69, 9.17) is 5.11 Å². The van der Waals surface area contributed by atoms with Crippen LogP contribution in [0.4, 0.5) is 5.69 Å². The molecule has 0 aliphatic heterocycles. The summed E-state index contributed by atoms with van der Waals surface area (Å²) in [6, 6.07) is 11.9. The number of aromatic carboxylic acids is 1. The number of carbonyl (C=O) groups excluding carboxylic acids is 1. The number of carboxylic acids is 1. The molecule has 0 saturated carbocycles. The monoisotopic (exact) mass is 335 g/mol. The maximum absolute atomic E-state index is 12.4. The molecule has 3 rings (SSSR count). The zero-order valence-electron chi connectivity index (χ0n) is 14.6. The van der Waals surface area contributed by atoms with E-state index in [0.29, 0.717) is 5.56 Å². The SMILES string of the molecule is CC1=CCC(C)(C)c2ccc(NC(=O)c3ccc(C(=O)O)cc3)cc21. The molecule has 0 unspecified atom stereocenters. The van der Waals surface area contributed by atoms with Crippen LogP contribution in [0.3, 0.4) is 0 Å². The molecule has 128 valence electrons. The van der Waals surface area contributed by atoms with Crippen molar-refractivity contribution in [3.05, 3.63) is 70.8 Å². The number of rotatable bonds is 3. The Kier molecular flexibility index (Phi) is 4.21. The molecule has 0 aromatic heterocycles. The van der Waals surface area contributed by atoms with Crippen LogP contribution in [0.25, 0.3) is 5.57 Å². The molecular formula is C21H21NO3. The first-order valence-electron chi connectivity index (χ1n) is 8.24. The normalized spacial score (nSPS) is 15.1. The van der Waals surface area contributed by atoms with Gasteiger partial charge in [0.25, 0.3) is 5.91 Å². The summed E-state index contributed by atoms with van der Waals surface area (Å²) in [7, 11) is 0. The van der Waals surface area contributed by atoms with Crippen molar-refractivity contribution in [2.24, 2.45) is 0 Å². The van der Waals surface area contributed by atoms with Crippen molar-refractivity contribution in [2.45, 2.75) is 32.6 Å². The van der Waals surface area contributed by atoms with Gasteiger partial charge in [0.05, 0.1) is 5.56 Å². The third-order valence-corrected chi connectivity index (χ3v) is 4.74. The number of fused-ring (bicyclic) bond motifs is 1. The van der Waals surface area contributed by atoms with Crippen LogP contribution in [-0.2, 0) is 5.41 Å². The number of hydrogen-bond donors (Lipinski definition) is 2. The molecule has 2 aromatic rings. The molecule has 4 heteroatoms. The smallest absolute Gasteiger partial charge is 0.335 e. The van der Waals surface area contributed by atoms with E-state index >= 15 is 0 Å². The highest BCUT2D eigenvalue weighted by atomic mass is 16.4. The molecule has 1 aliphatic carbocycles. The van der Waals surface area contributed by atoms with Gasteiger partial charge in [0.15, 0.2) is 0 Å². The summed E-state index contributed by atoms with van der Waals surface area (Å²) in [6.45, 7) is 6.53. The summed E-state index contributed by atoms with van der Waals surface area (Å²) in [5.74, 6) is -1.26. The van der Waals surface area contributed by atoms with Crippen molar-refractivity contribution in [2.75, 3.05) is 5.32 Å². The predicted molar refractivity (Wildman–Crippen MR) is 99.1 cm³/mol. The number of carboxylic acid groups (broad SMARTS) is 1. The Balaban J connectivity index is 1.84. The van der Waals surface area contributed by atoms with E-state index in [1.54, 1.807) is 0 Å². The molecule has 0 heterocycles. The van der Waals surface area contributed by atoms with Crippen LogP contribution in [0.5, 0.6) is 0 Å². The van der Waals surface area contributed by atoms with Gasteiger partial charge in [0.1, 0.15) is 0 Å². The van der Waals surface area contributed by atoms with Gasteiger partial charge in [-0.15, -0.1) is 0 Å². The zero-order valence-corrected chi connectivity index (χ0v) is 14.6. The fourth-order valence-electron chi connectivity index (χ4n) is 3.13. The van der Waals surface area contributed by atoms with E-state index < -0.39 is 5.97 Å². The van der Waals surface area contributed by atoms with E-state index in [-0.39, 0.29) is 16.9 Å². The number of benzene rings is 2. The lowest BCUT2D eigenvalue weighted by Crippen LogP contribution is -2.21. The van der Waals surface area contributed by atoms with Gasteiger partial charge in [-0.3, -0.25) is 4.79 Å². The second kappa shape index (κ2) is 6.20. The van der Waals surface area contributed by atoms with E-state index in [9.17, 15) is 9.59 Å². The Morgan fingerprint density at radius 3 is 2.32 bits per heavy atom. The van der Waals surface area contributed by atoms with Crippen LogP contribution in [-0.4, -0.2) is 17.0 Å². The summed E-state index contributed by atoms with van der Waals surface area (Å²) in [5.41, 5.74) is 5.08. The minimum Gasteiger partial charge on any atom is -0.478 e. The van der Waals surface area contributed by atoms with Crippen LogP contribution in [0.2, 0.25) is 0 Å². The number of hydrogen-bond acceptors (Lipinski definition) is 2. The molecule has 4 nitrogen and oxygen atoms in total. The topological polar surface area (TPSA) is 66.4 Å². The summed E-state index contributed by atoms with van der Waals surface area (Å²) < 4.78 is 0. The highest BCUT2D eigenvalue weighted by Gasteiger charge is 2.26. The lowest BCUT2D eigenvalue weighted by atomic mass is 9.73. The maximum Gasteiger partial charge on any atom is 0.335 e. The lowest BCUT2D eigenvalue weighted by molar-refractivity contribution is 0.0696. The summed E-state index contributed by atoms with van der Waals surface area (Å²) >= 11 is 0. The Labute approximate surface area is 147 Å². The summed E-state index contributed by atoms with van der Waals surface area (Å²) in [6.07, 6.45) is 3.24. The number of allylic oxidation sites excluding steroid dienone is 2. The second-order valence-electron chi connectivity index (χ2n) is 7.07. The third-order valence-electron chi connectivity index (χ3n) is 4.74. The highest BCUT2D eigenvalue weighted by molar-refractivity contribution is 6.05. The van der Waals surface area contributed by atoms with Gasteiger partial charge in [0.2, 0.25) is 0 Å². The van der Waals surface area contributed by atoms with E-state index in [2.05, 4.69) is 38.2 Å². The Morgan fingerprint density at radius 1 is 1.04 bits per heavy atom. The molecule has 0 spiro atoms. The van der Waals surface area contributed by atoms with Crippen molar-refractivity contribution in [1.82, 2.24) is 0 Å². The third kappa shape index (κ3) is 3.33. The first-order valence-corrected chi connectivity index (χ1v) is 8.24. The minimum atomic E-state index is -1.01. The first kappa shape index (κ1) is 17.0. The Hall–Kier alpha value is -2.88. The number of anilines is 1.